The topological polar surface area (TPSA) is 147 Å². The number of carbonyl (C=O) groups is 1. The minimum Gasteiger partial charge on any atom is -0.478 e. The average Bonchev–Trinajstić information content (AvgIpc) is 2.00. The summed E-state index contributed by atoms with van der Waals surface area (Å²) in [5.74, 6) is -1.02. The first-order valence-corrected chi connectivity index (χ1v) is 4.73. The van der Waals surface area contributed by atoms with E-state index in [2.05, 4.69) is 0 Å². The van der Waals surface area contributed by atoms with E-state index in [0.717, 1.165) is 0 Å². The van der Waals surface area contributed by atoms with Gasteiger partial charge in [-0.1, -0.05) is 0 Å². The third-order valence-electron chi connectivity index (χ3n) is 1.22. The van der Waals surface area contributed by atoms with Gasteiger partial charge in [0.1, 0.15) is 0 Å². The lowest BCUT2D eigenvalue weighted by molar-refractivity contribution is 0.0697. The summed E-state index contributed by atoms with van der Waals surface area (Å²) in [4.78, 5) is 24.6. The lowest BCUT2D eigenvalue weighted by atomic mass is 10.2. The van der Waals surface area contributed by atoms with Gasteiger partial charge in [0.2, 0.25) is 0 Å². The maximum atomic E-state index is 10.4. The number of nitrogens with two attached hydrogens (primary N) is 2. The lowest BCUT2D eigenvalue weighted by Crippen LogP contribution is -1.99. The summed E-state index contributed by atoms with van der Waals surface area (Å²) < 4.78 is 8.70. The van der Waals surface area contributed by atoms with Crippen LogP contribution in [0, 0.1) is 0 Å². The van der Waals surface area contributed by atoms with Gasteiger partial charge in [0.05, 0.1) is 5.56 Å². The molecule has 0 atom stereocenters. The number of rotatable bonds is 1. The number of carboxylic acids is 1. The van der Waals surface area contributed by atoms with Crippen molar-refractivity contribution in [2.75, 3.05) is 11.5 Å². The highest BCUT2D eigenvalue weighted by atomic mass is 31.1. The molecule has 0 bridgehead atoms. The van der Waals surface area contributed by atoms with E-state index in [0.29, 0.717) is 11.4 Å². The first-order chi connectivity index (χ1) is 6.82. The van der Waals surface area contributed by atoms with E-state index in [-0.39, 0.29) is 5.56 Å². The molecule has 0 heterocycles. The van der Waals surface area contributed by atoms with Crippen molar-refractivity contribution >= 4 is 25.6 Å². The van der Waals surface area contributed by atoms with E-state index in [4.69, 9.17) is 30.9 Å². The Morgan fingerprint density at radius 1 is 1.13 bits per heavy atom. The van der Waals surface area contributed by atoms with Crippen molar-refractivity contribution in [3.05, 3.63) is 23.8 Å². The molecule has 0 fully saturated rings. The number of aromatic carboxylic acids is 1. The second-order valence-corrected chi connectivity index (χ2v) is 2.95. The lowest BCUT2D eigenvalue weighted by Gasteiger charge is -1.98. The molecule has 0 amide bonds. The molecule has 15 heavy (non-hydrogen) atoms. The van der Waals surface area contributed by atoms with Gasteiger partial charge in [0.15, 0.2) is 0 Å². The minimum absolute atomic E-state index is 0.113. The normalized spacial score (nSPS) is 8.67. The van der Waals surface area contributed by atoms with Gasteiger partial charge in [-0.3, -0.25) is 0 Å². The second-order valence-electron chi connectivity index (χ2n) is 2.45. The highest BCUT2D eigenvalue weighted by Gasteiger charge is 2.02. The van der Waals surface area contributed by atoms with Crippen LogP contribution >= 0.6 is 8.25 Å². The molecule has 8 heteroatoms. The molecular weight excluding hydrogens is 223 g/mol. The highest BCUT2D eigenvalue weighted by Crippen LogP contribution is 2.12. The van der Waals surface area contributed by atoms with E-state index in [1.54, 1.807) is 0 Å². The van der Waals surface area contributed by atoms with Gasteiger partial charge in [-0.25, -0.2) is 4.79 Å². The summed E-state index contributed by atoms with van der Waals surface area (Å²) in [6.07, 6.45) is 0. The number of hydrogen-bond donors (Lipinski definition) is 5. The molecule has 0 saturated heterocycles. The van der Waals surface area contributed by atoms with Crippen molar-refractivity contribution in [1.29, 1.82) is 0 Å². The molecule has 7 N–H and O–H groups in total. The summed E-state index contributed by atoms with van der Waals surface area (Å²) in [5.41, 5.74) is 11.5. The van der Waals surface area contributed by atoms with E-state index >= 15 is 0 Å². The molecule has 7 nitrogen and oxygen atoms in total. The summed E-state index contributed by atoms with van der Waals surface area (Å²) in [6.45, 7) is 0. The van der Waals surface area contributed by atoms with Crippen LogP contribution in [0.1, 0.15) is 10.4 Å². The van der Waals surface area contributed by atoms with Crippen LogP contribution in [0.25, 0.3) is 0 Å². The van der Waals surface area contributed by atoms with Crippen molar-refractivity contribution in [2.45, 2.75) is 0 Å². The van der Waals surface area contributed by atoms with Gasteiger partial charge in [-0.15, -0.1) is 9.79 Å². The molecule has 1 aromatic rings. The van der Waals surface area contributed by atoms with Crippen LogP contribution in [0.4, 0.5) is 11.4 Å². The van der Waals surface area contributed by atoms with E-state index in [9.17, 15) is 4.79 Å². The highest BCUT2D eigenvalue weighted by molar-refractivity contribution is 7.30. The number of anilines is 2. The van der Waals surface area contributed by atoms with Crippen molar-refractivity contribution in [3.8, 4) is 0 Å². The molecule has 0 spiro atoms. The monoisotopic (exact) mass is 233 g/mol. The second kappa shape index (κ2) is 5.92. The standard InChI is InChI=1S/C7H8N2O2.HO3P/c8-5-1-4(7(10)11)2-6(9)3-5;1-4(2)3/h1-3H,8-9H2,(H,10,11);(H-,1,2,3)/p+1. The molecule has 1 rings (SSSR count). The average molecular weight is 233 g/mol. The molecule has 0 saturated carbocycles. The Kier molecular flexibility index (Phi) is 5.25. The molecule has 0 aliphatic rings. The Hall–Kier alpha value is -1.69. The van der Waals surface area contributed by atoms with Gasteiger partial charge in [-0.2, -0.15) is 0 Å². The fraction of sp³-hybridized carbons (Fsp3) is 0. The van der Waals surface area contributed by atoms with Gasteiger partial charge in [0.25, 0.3) is 0 Å². The fourth-order valence-electron chi connectivity index (χ4n) is 0.800. The summed E-state index contributed by atoms with van der Waals surface area (Å²) in [5, 5.41) is 8.52. The molecule has 82 valence electrons. The molecule has 0 radical (unpaired) electrons. The zero-order valence-corrected chi connectivity index (χ0v) is 8.39. The molecule has 0 aromatic heterocycles. The fourth-order valence-corrected chi connectivity index (χ4v) is 0.800. The molecule has 1 aromatic carbocycles. The van der Waals surface area contributed by atoms with Gasteiger partial charge >= 0.3 is 14.2 Å². The predicted octanol–water partition coefficient (Wildman–Crippen LogP) is 0.178. The zero-order chi connectivity index (χ0) is 12.0. The molecular formula is C7H10N2O5P+. The van der Waals surface area contributed by atoms with Crippen molar-refractivity contribution in [1.82, 2.24) is 0 Å². The molecule has 0 unspecified atom stereocenters. The SMILES string of the molecule is Nc1cc(N)cc(C(=O)O)c1.O=[P+](O)O. The van der Waals surface area contributed by atoms with Gasteiger partial charge < -0.3 is 16.6 Å². The predicted molar refractivity (Wildman–Crippen MR) is 54.3 cm³/mol. The van der Waals surface area contributed by atoms with Crippen molar-refractivity contribution < 1.29 is 24.3 Å². The quantitative estimate of drug-likeness (QED) is 0.343. The molecule has 0 aliphatic carbocycles. The number of nitrogen functional groups attached to an aromatic ring is 2. The zero-order valence-electron chi connectivity index (χ0n) is 7.49. The number of benzene rings is 1. The maximum absolute atomic E-state index is 10.4. The smallest absolute Gasteiger partial charge is 0.478 e. The Balaban J connectivity index is 0.000000423. The molecule has 0 aliphatic heterocycles. The maximum Gasteiger partial charge on any atom is 0.692 e. The van der Waals surface area contributed by atoms with Crippen LogP contribution in [0.5, 0.6) is 0 Å². The van der Waals surface area contributed by atoms with Gasteiger partial charge in [0, 0.05) is 15.9 Å². The Morgan fingerprint density at radius 2 is 1.47 bits per heavy atom. The summed E-state index contributed by atoms with van der Waals surface area (Å²) >= 11 is 0. The Labute approximate surface area is 85.9 Å². The van der Waals surface area contributed by atoms with Crippen LogP contribution in [0.2, 0.25) is 0 Å². The summed E-state index contributed by atoms with van der Waals surface area (Å²) in [6, 6.07) is 4.23. The van der Waals surface area contributed by atoms with E-state index in [1.807, 2.05) is 0 Å². The van der Waals surface area contributed by atoms with Crippen molar-refractivity contribution in [2.24, 2.45) is 0 Å². The minimum atomic E-state index is -2.87. The van der Waals surface area contributed by atoms with Crippen molar-refractivity contribution in [3.63, 3.8) is 0 Å². The van der Waals surface area contributed by atoms with Crippen LogP contribution < -0.4 is 11.5 Å². The summed E-state index contributed by atoms with van der Waals surface area (Å²) in [7, 11) is -2.87. The number of hydrogen-bond acceptors (Lipinski definition) is 4. The Morgan fingerprint density at radius 3 is 1.73 bits per heavy atom. The van der Waals surface area contributed by atoms with E-state index < -0.39 is 14.2 Å². The first kappa shape index (κ1) is 13.3. The van der Waals surface area contributed by atoms with Gasteiger partial charge in [-0.05, 0) is 18.2 Å². The van der Waals surface area contributed by atoms with Crippen LogP contribution in [-0.4, -0.2) is 20.9 Å². The van der Waals surface area contributed by atoms with Crippen LogP contribution in [-0.2, 0) is 4.57 Å². The van der Waals surface area contributed by atoms with Crippen LogP contribution in [0.15, 0.2) is 18.2 Å². The van der Waals surface area contributed by atoms with Crippen LogP contribution in [0.3, 0.4) is 0 Å². The first-order valence-electron chi connectivity index (χ1n) is 3.57. The third kappa shape index (κ3) is 6.39. The third-order valence-corrected chi connectivity index (χ3v) is 1.22. The largest absolute Gasteiger partial charge is 0.692 e. The number of carboxylic acid groups (broad SMARTS) is 1. The Bertz CT molecular complexity index is 357. The van der Waals surface area contributed by atoms with E-state index in [1.165, 1.54) is 18.2 Å².